The number of amides is 2. The number of anilines is 2. The minimum absolute atomic E-state index is 0.0236. The molecule has 2 amide bonds. The van der Waals surface area contributed by atoms with Gasteiger partial charge in [-0.3, -0.25) is 9.59 Å². The largest absolute Gasteiger partial charge is 0.382 e. The van der Waals surface area contributed by atoms with Crippen LogP contribution in [0.3, 0.4) is 0 Å². The summed E-state index contributed by atoms with van der Waals surface area (Å²) in [6, 6.07) is 6.68. The first-order valence-electron chi connectivity index (χ1n) is 12.7. The van der Waals surface area contributed by atoms with Crippen molar-refractivity contribution in [3.63, 3.8) is 0 Å². The van der Waals surface area contributed by atoms with Gasteiger partial charge in [-0.2, -0.15) is 0 Å². The van der Waals surface area contributed by atoms with Crippen molar-refractivity contribution in [1.82, 2.24) is 19.9 Å². The van der Waals surface area contributed by atoms with Gasteiger partial charge in [0.25, 0.3) is 11.8 Å². The van der Waals surface area contributed by atoms with Gasteiger partial charge in [0.2, 0.25) is 0 Å². The second kappa shape index (κ2) is 11.6. The summed E-state index contributed by atoms with van der Waals surface area (Å²) in [5.74, 6) is 0.110. The van der Waals surface area contributed by atoms with Gasteiger partial charge >= 0.3 is 0 Å². The van der Waals surface area contributed by atoms with E-state index in [1.165, 1.54) is 18.4 Å². The number of thiazole rings is 1. The first kappa shape index (κ1) is 27.7. The zero-order valence-corrected chi connectivity index (χ0v) is 23.5. The van der Waals surface area contributed by atoms with Gasteiger partial charge in [-0.05, 0) is 52.8 Å². The van der Waals surface area contributed by atoms with E-state index in [9.17, 15) is 9.59 Å². The monoisotopic (exact) mass is 540 g/mol. The Morgan fingerprint density at radius 3 is 2.55 bits per heavy atom. The quantitative estimate of drug-likeness (QED) is 0.448. The van der Waals surface area contributed by atoms with Crippen molar-refractivity contribution in [3.8, 4) is 11.4 Å². The molecule has 204 valence electrons. The smallest absolute Gasteiger partial charge is 0.253 e. The fourth-order valence-corrected chi connectivity index (χ4v) is 4.99. The summed E-state index contributed by atoms with van der Waals surface area (Å²) in [6.45, 7) is 11.8. The molecule has 0 spiro atoms. The van der Waals surface area contributed by atoms with E-state index in [4.69, 9.17) is 14.5 Å². The molecule has 3 atom stereocenters. The molecule has 11 heteroatoms. The Morgan fingerprint density at radius 2 is 1.89 bits per heavy atom. The molecule has 0 radical (unpaired) electrons. The van der Waals surface area contributed by atoms with Crippen molar-refractivity contribution in [3.05, 3.63) is 47.6 Å². The maximum atomic E-state index is 13.0. The summed E-state index contributed by atoms with van der Waals surface area (Å²) >= 11 is 1.30. The predicted molar refractivity (Wildman–Crippen MR) is 149 cm³/mol. The lowest BCUT2D eigenvalue weighted by atomic mass is 10.1. The van der Waals surface area contributed by atoms with Crippen LogP contribution in [-0.4, -0.2) is 71.4 Å². The van der Waals surface area contributed by atoms with Gasteiger partial charge in [-0.15, -0.1) is 11.3 Å². The number of aromatic nitrogens is 3. The summed E-state index contributed by atoms with van der Waals surface area (Å²) in [6.07, 6.45) is 3.87. The highest BCUT2D eigenvalue weighted by Gasteiger charge is 2.25. The minimum Gasteiger partial charge on any atom is -0.382 e. The molecule has 1 aliphatic rings. The number of ether oxygens (including phenoxy) is 2. The van der Waals surface area contributed by atoms with E-state index in [0.717, 1.165) is 24.6 Å². The lowest BCUT2D eigenvalue weighted by Gasteiger charge is -2.36. The van der Waals surface area contributed by atoms with Crippen molar-refractivity contribution < 1.29 is 19.1 Å². The number of hydrogen-bond donors (Lipinski definition) is 2. The highest BCUT2D eigenvalue weighted by molar-refractivity contribution is 7.14. The fourth-order valence-electron chi connectivity index (χ4n) is 4.29. The molecule has 0 aromatic carbocycles. The van der Waals surface area contributed by atoms with Crippen LogP contribution in [0.25, 0.3) is 11.4 Å². The molecule has 0 bridgehead atoms. The summed E-state index contributed by atoms with van der Waals surface area (Å²) in [7, 11) is 1.48. The Kier molecular flexibility index (Phi) is 8.49. The van der Waals surface area contributed by atoms with Crippen LogP contribution in [0.4, 0.5) is 10.9 Å². The van der Waals surface area contributed by atoms with E-state index < -0.39 is 11.9 Å². The van der Waals surface area contributed by atoms with Gasteiger partial charge in [0.05, 0.1) is 30.1 Å². The fraction of sp³-hybridized carbons (Fsp3) is 0.481. The third kappa shape index (κ3) is 6.77. The van der Waals surface area contributed by atoms with E-state index >= 15 is 0 Å². The molecule has 3 aromatic heterocycles. The van der Waals surface area contributed by atoms with Crippen molar-refractivity contribution in [1.29, 1.82) is 0 Å². The highest BCUT2D eigenvalue weighted by Crippen LogP contribution is 2.26. The van der Waals surface area contributed by atoms with E-state index in [1.54, 1.807) is 12.3 Å². The average molecular weight is 541 g/mol. The lowest BCUT2D eigenvalue weighted by molar-refractivity contribution is -0.119. The second-order valence-corrected chi connectivity index (χ2v) is 11.4. The maximum Gasteiger partial charge on any atom is 0.253 e. The third-order valence-corrected chi connectivity index (χ3v) is 6.92. The number of rotatable bonds is 8. The number of hydrogen-bond acceptors (Lipinski definition) is 8. The molecule has 38 heavy (non-hydrogen) atoms. The standard InChI is InChI=1S/C27H36N6O4S/c1-17-12-32(13-18(2)37-17)23-9-7-8-20(28-23)22-16-38-26(30-22)31-25(35)21(15-36-6)29-24(34)19-10-11-33(14-19)27(3,4)5/h7-11,14,16-18,21H,12-13,15H2,1-6H3,(H,29,34)(H,30,31,35)/t17?,18?,21-/m0/s1. The van der Waals surface area contributed by atoms with Crippen molar-refractivity contribution >= 4 is 34.1 Å². The molecule has 2 N–H and O–H groups in total. The molecule has 1 aliphatic heterocycles. The normalized spacial score (nSPS) is 18.7. The van der Waals surface area contributed by atoms with E-state index in [1.807, 2.05) is 55.1 Å². The topological polar surface area (TPSA) is 111 Å². The van der Waals surface area contributed by atoms with Gasteiger partial charge in [0.15, 0.2) is 5.13 Å². The maximum absolute atomic E-state index is 13.0. The third-order valence-electron chi connectivity index (χ3n) is 6.16. The SMILES string of the molecule is COC[C@H](NC(=O)c1ccn(C(C)(C)C)c1)C(=O)Nc1nc(-c2cccc(N3CC(C)OC(C)C3)n2)cs1. The van der Waals surface area contributed by atoms with Crippen LogP contribution >= 0.6 is 11.3 Å². The molecule has 1 fully saturated rings. The summed E-state index contributed by atoms with van der Waals surface area (Å²) in [5, 5.41) is 7.84. The van der Waals surface area contributed by atoms with Crippen LogP contribution in [0.15, 0.2) is 42.0 Å². The molecule has 0 aliphatic carbocycles. The van der Waals surface area contributed by atoms with Crippen LogP contribution in [0, 0.1) is 0 Å². The molecule has 1 saturated heterocycles. The summed E-state index contributed by atoms with van der Waals surface area (Å²) < 4.78 is 13.0. The number of carbonyl (C=O) groups excluding carboxylic acids is 2. The van der Waals surface area contributed by atoms with Gasteiger partial charge < -0.3 is 29.6 Å². The van der Waals surface area contributed by atoms with Crippen molar-refractivity contribution in [2.24, 2.45) is 0 Å². The molecular formula is C27H36N6O4S. The van der Waals surface area contributed by atoms with Gasteiger partial charge in [-0.1, -0.05) is 6.07 Å². The summed E-state index contributed by atoms with van der Waals surface area (Å²) in [4.78, 5) is 37.4. The number of carbonyl (C=O) groups is 2. The Hall–Kier alpha value is -3.28. The Labute approximate surface area is 227 Å². The Bertz CT molecular complexity index is 1260. The van der Waals surface area contributed by atoms with Crippen LogP contribution in [0.2, 0.25) is 0 Å². The molecule has 4 heterocycles. The molecule has 4 rings (SSSR count). The molecule has 0 saturated carbocycles. The van der Waals surface area contributed by atoms with E-state index in [-0.39, 0.29) is 30.3 Å². The van der Waals surface area contributed by atoms with Gasteiger partial charge in [0, 0.05) is 43.5 Å². The molecule has 10 nitrogen and oxygen atoms in total. The number of pyridine rings is 1. The highest BCUT2D eigenvalue weighted by atomic mass is 32.1. The lowest BCUT2D eigenvalue weighted by Crippen LogP contribution is -2.46. The number of nitrogens with zero attached hydrogens (tertiary/aromatic N) is 4. The zero-order valence-electron chi connectivity index (χ0n) is 22.7. The van der Waals surface area contributed by atoms with Crippen molar-refractivity contribution in [2.75, 3.05) is 37.0 Å². The number of nitrogens with one attached hydrogen (secondary N) is 2. The number of morpholine rings is 1. The van der Waals surface area contributed by atoms with E-state index in [0.29, 0.717) is 16.4 Å². The first-order valence-corrected chi connectivity index (χ1v) is 13.5. The molecular weight excluding hydrogens is 504 g/mol. The molecule has 3 aromatic rings. The minimum atomic E-state index is -0.885. The summed E-state index contributed by atoms with van der Waals surface area (Å²) in [5.41, 5.74) is 1.70. The van der Waals surface area contributed by atoms with Gasteiger partial charge in [0.1, 0.15) is 17.6 Å². The van der Waals surface area contributed by atoms with Crippen LogP contribution < -0.4 is 15.5 Å². The second-order valence-electron chi connectivity index (χ2n) is 10.5. The van der Waals surface area contributed by atoms with Crippen LogP contribution in [-0.2, 0) is 19.8 Å². The number of methoxy groups -OCH3 is 1. The first-order chi connectivity index (χ1) is 18.0. The predicted octanol–water partition coefficient (Wildman–Crippen LogP) is 3.76. The van der Waals surface area contributed by atoms with Crippen LogP contribution in [0.5, 0.6) is 0 Å². The van der Waals surface area contributed by atoms with Gasteiger partial charge in [-0.25, -0.2) is 9.97 Å². The average Bonchev–Trinajstić information content (AvgIpc) is 3.53. The zero-order chi connectivity index (χ0) is 27.4. The van der Waals surface area contributed by atoms with Crippen LogP contribution in [0.1, 0.15) is 45.0 Å². The van der Waals surface area contributed by atoms with E-state index in [2.05, 4.69) is 34.4 Å². The Morgan fingerprint density at radius 1 is 1.16 bits per heavy atom. The molecule has 2 unspecified atom stereocenters. The van der Waals surface area contributed by atoms with Crippen molar-refractivity contribution in [2.45, 2.75) is 58.4 Å². The Balaban J connectivity index is 1.42.